The van der Waals surface area contributed by atoms with Gasteiger partial charge in [-0.1, -0.05) is 37.3 Å². The Bertz CT molecular complexity index is 610. The van der Waals surface area contributed by atoms with Crippen molar-refractivity contribution >= 4 is 0 Å². The lowest BCUT2D eigenvalue weighted by molar-refractivity contribution is -0.467. The monoisotopic (exact) mass is 380 g/mol. The van der Waals surface area contributed by atoms with E-state index in [1.54, 1.807) is 21.3 Å². The van der Waals surface area contributed by atoms with Gasteiger partial charge in [0, 0.05) is 21.3 Å². The largest absolute Gasteiger partial charge is 0.379 e. The molecule has 0 bridgehead atoms. The van der Waals surface area contributed by atoms with E-state index in [-0.39, 0.29) is 30.3 Å². The first-order valence-electron chi connectivity index (χ1n) is 9.51. The molecule has 1 heterocycles. The summed E-state index contributed by atoms with van der Waals surface area (Å²) >= 11 is 0. The van der Waals surface area contributed by atoms with Gasteiger partial charge in [-0.2, -0.15) is 0 Å². The van der Waals surface area contributed by atoms with Crippen LogP contribution in [-0.2, 0) is 35.0 Å². The molecule has 1 aromatic carbocycles. The molecule has 0 aromatic heterocycles. The maximum absolute atomic E-state index is 6.46. The molecule has 2 aliphatic rings. The zero-order valence-electron chi connectivity index (χ0n) is 17.1. The Morgan fingerprint density at radius 1 is 0.963 bits per heavy atom. The molecule has 1 aliphatic heterocycles. The Morgan fingerprint density at radius 2 is 1.56 bits per heavy atom. The molecular formula is C21H32O6. The molecule has 0 N–H and O–H groups in total. The van der Waals surface area contributed by atoms with E-state index in [1.165, 1.54) is 0 Å². The van der Waals surface area contributed by atoms with Crippen molar-refractivity contribution in [3.05, 3.63) is 35.9 Å². The first kappa shape index (κ1) is 20.7. The van der Waals surface area contributed by atoms with E-state index < -0.39 is 11.6 Å². The van der Waals surface area contributed by atoms with Gasteiger partial charge in [-0.25, -0.2) is 0 Å². The minimum absolute atomic E-state index is 0.0996. The third-order valence-corrected chi connectivity index (χ3v) is 6.09. The van der Waals surface area contributed by atoms with Crippen molar-refractivity contribution in [3.8, 4) is 0 Å². The van der Waals surface area contributed by atoms with E-state index in [0.717, 1.165) is 12.0 Å². The van der Waals surface area contributed by atoms with Crippen molar-refractivity contribution in [1.29, 1.82) is 0 Å². The number of fused-ring (bicyclic) bond motifs is 1. The molecule has 1 saturated carbocycles. The van der Waals surface area contributed by atoms with Gasteiger partial charge in [-0.15, -0.1) is 0 Å². The van der Waals surface area contributed by atoms with Crippen molar-refractivity contribution in [2.75, 3.05) is 21.3 Å². The zero-order chi connectivity index (χ0) is 19.7. The summed E-state index contributed by atoms with van der Waals surface area (Å²) in [5, 5.41) is 0. The Hall–Kier alpha value is -1.02. The standard InChI is InChI=1S/C21H32O6/c1-14-12-16(22-4)18-19(17(14)25-13-15-10-8-7-9-11-15)27-21(3,24-6)20(2,23-5)26-18/h7-11,14,16-19H,12-13H2,1-6H3/t14-,16-,17-,18-,19-,20+,21+/m1/s1. The van der Waals surface area contributed by atoms with Crippen molar-refractivity contribution in [1.82, 2.24) is 0 Å². The summed E-state index contributed by atoms with van der Waals surface area (Å²) in [6.45, 7) is 6.35. The van der Waals surface area contributed by atoms with Crippen LogP contribution in [0.4, 0.5) is 0 Å². The minimum atomic E-state index is -1.06. The summed E-state index contributed by atoms with van der Waals surface area (Å²) < 4.78 is 36.2. The maximum Gasteiger partial charge on any atom is 0.220 e. The van der Waals surface area contributed by atoms with Crippen LogP contribution in [0.5, 0.6) is 0 Å². The van der Waals surface area contributed by atoms with Crippen molar-refractivity contribution < 1.29 is 28.4 Å². The summed E-state index contributed by atoms with van der Waals surface area (Å²) in [5.74, 6) is -1.87. The molecule has 27 heavy (non-hydrogen) atoms. The van der Waals surface area contributed by atoms with E-state index in [2.05, 4.69) is 19.1 Å². The molecule has 3 rings (SSSR count). The summed E-state index contributed by atoms with van der Waals surface area (Å²) in [6, 6.07) is 10.1. The summed E-state index contributed by atoms with van der Waals surface area (Å²) in [4.78, 5) is 0. The van der Waals surface area contributed by atoms with Gasteiger partial charge in [-0.05, 0) is 31.7 Å². The topological polar surface area (TPSA) is 55.4 Å². The van der Waals surface area contributed by atoms with Gasteiger partial charge >= 0.3 is 0 Å². The van der Waals surface area contributed by atoms with Gasteiger partial charge < -0.3 is 28.4 Å². The first-order valence-corrected chi connectivity index (χ1v) is 9.51. The smallest absolute Gasteiger partial charge is 0.220 e. The summed E-state index contributed by atoms with van der Waals surface area (Å²) in [6.07, 6.45) is -0.0464. The molecule has 1 aliphatic carbocycles. The molecule has 7 atom stereocenters. The zero-order valence-corrected chi connectivity index (χ0v) is 17.1. The molecule has 6 heteroatoms. The van der Waals surface area contributed by atoms with Gasteiger partial charge in [-0.3, -0.25) is 0 Å². The van der Waals surface area contributed by atoms with Crippen molar-refractivity contribution in [2.24, 2.45) is 5.92 Å². The Balaban J connectivity index is 1.84. The molecule has 0 radical (unpaired) electrons. The average Bonchev–Trinajstić information content (AvgIpc) is 2.69. The maximum atomic E-state index is 6.46. The van der Waals surface area contributed by atoms with Gasteiger partial charge in [0.05, 0.1) is 18.8 Å². The third kappa shape index (κ3) is 3.79. The lowest BCUT2D eigenvalue weighted by Gasteiger charge is -2.57. The minimum Gasteiger partial charge on any atom is -0.379 e. The quantitative estimate of drug-likeness (QED) is 0.756. The van der Waals surface area contributed by atoms with Gasteiger partial charge in [0.25, 0.3) is 0 Å². The molecular weight excluding hydrogens is 348 g/mol. The second-order valence-electron chi connectivity index (χ2n) is 7.71. The number of hydrogen-bond donors (Lipinski definition) is 0. The van der Waals surface area contributed by atoms with E-state index in [1.807, 2.05) is 32.0 Å². The molecule has 0 spiro atoms. The van der Waals surface area contributed by atoms with Crippen molar-refractivity contribution in [2.45, 2.75) is 69.8 Å². The number of methoxy groups -OCH3 is 3. The number of benzene rings is 1. The summed E-state index contributed by atoms with van der Waals surface area (Å²) in [7, 11) is 4.90. The molecule has 0 amide bonds. The number of rotatable bonds is 6. The molecule has 1 aromatic rings. The third-order valence-electron chi connectivity index (χ3n) is 6.09. The van der Waals surface area contributed by atoms with Crippen LogP contribution >= 0.6 is 0 Å². The predicted molar refractivity (Wildman–Crippen MR) is 100 cm³/mol. The van der Waals surface area contributed by atoms with Crippen LogP contribution < -0.4 is 0 Å². The molecule has 2 fully saturated rings. The van der Waals surface area contributed by atoms with Crippen LogP contribution in [0.15, 0.2) is 30.3 Å². The molecule has 152 valence electrons. The fourth-order valence-corrected chi connectivity index (χ4v) is 4.09. The number of hydrogen-bond acceptors (Lipinski definition) is 6. The first-order chi connectivity index (χ1) is 12.9. The van der Waals surface area contributed by atoms with Crippen molar-refractivity contribution in [3.63, 3.8) is 0 Å². The highest BCUT2D eigenvalue weighted by Crippen LogP contribution is 2.45. The second kappa shape index (κ2) is 8.15. The SMILES string of the molecule is CO[C@@H]1C[C@@H](C)[C@@H](OCc2ccccc2)[C@H]2O[C@](C)(OC)[C@@](C)(OC)O[C@@H]21. The normalized spacial score (nSPS) is 41.9. The Morgan fingerprint density at radius 3 is 2.11 bits per heavy atom. The fourth-order valence-electron chi connectivity index (χ4n) is 4.09. The highest BCUT2D eigenvalue weighted by molar-refractivity contribution is 5.13. The molecule has 0 unspecified atom stereocenters. The van der Waals surface area contributed by atoms with Crippen LogP contribution in [0.25, 0.3) is 0 Å². The lowest BCUT2D eigenvalue weighted by atomic mass is 9.80. The average molecular weight is 380 g/mol. The van der Waals surface area contributed by atoms with Crippen LogP contribution in [0, 0.1) is 5.92 Å². The molecule has 6 nitrogen and oxygen atoms in total. The second-order valence-corrected chi connectivity index (χ2v) is 7.71. The predicted octanol–water partition coefficient (Wildman–Crippen LogP) is 3.14. The van der Waals surface area contributed by atoms with Crippen LogP contribution in [0.3, 0.4) is 0 Å². The van der Waals surface area contributed by atoms with Gasteiger partial charge in [0.2, 0.25) is 11.6 Å². The summed E-state index contributed by atoms with van der Waals surface area (Å²) in [5.41, 5.74) is 1.13. The van der Waals surface area contributed by atoms with E-state index in [4.69, 9.17) is 28.4 Å². The highest BCUT2D eigenvalue weighted by Gasteiger charge is 2.61. The van der Waals surface area contributed by atoms with E-state index in [0.29, 0.717) is 6.61 Å². The Kier molecular flexibility index (Phi) is 6.25. The van der Waals surface area contributed by atoms with Crippen LogP contribution in [-0.4, -0.2) is 57.3 Å². The van der Waals surface area contributed by atoms with Crippen LogP contribution in [0.1, 0.15) is 32.8 Å². The highest BCUT2D eigenvalue weighted by atomic mass is 16.8. The van der Waals surface area contributed by atoms with E-state index in [9.17, 15) is 0 Å². The number of ether oxygens (including phenoxy) is 6. The molecule has 1 saturated heterocycles. The Labute approximate surface area is 162 Å². The van der Waals surface area contributed by atoms with Gasteiger partial charge in [0.15, 0.2) is 0 Å². The van der Waals surface area contributed by atoms with Gasteiger partial charge in [0.1, 0.15) is 12.2 Å². The van der Waals surface area contributed by atoms with Crippen LogP contribution in [0.2, 0.25) is 0 Å². The fraction of sp³-hybridized carbons (Fsp3) is 0.714. The lowest BCUT2D eigenvalue weighted by Crippen LogP contribution is -2.71. The van der Waals surface area contributed by atoms with E-state index >= 15 is 0 Å².